The van der Waals surface area contributed by atoms with E-state index in [9.17, 15) is 9.90 Å². The average molecular weight is 269 g/mol. The number of likely N-dealkylation sites (tertiary alicyclic amines) is 1. The van der Waals surface area contributed by atoms with E-state index in [1.165, 1.54) is 12.8 Å². The molecule has 110 valence electrons. The lowest BCUT2D eigenvalue weighted by Gasteiger charge is -2.37. The van der Waals surface area contributed by atoms with Crippen LogP contribution in [0, 0.1) is 0 Å². The Morgan fingerprint density at radius 2 is 2.11 bits per heavy atom. The molecule has 0 bridgehead atoms. The van der Waals surface area contributed by atoms with Gasteiger partial charge in [0.2, 0.25) is 5.91 Å². The molecule has 4 nitrogen and oxygen atoms in total. The smallest absolute Gasteiger partial charge is 0.225 e. The van der Waals surface area contributed by atoms with Gasteiger partial charge in [0.25, 0.3) is 0 Å². The number of ether oxygens (including phenoxy) is 1. The summed E-state index contributed by atoms with van der Waals surface area (Å²) in [4.78, 5) is 14.4. The third-order valence-electron chi connectivity index (χ3n) is 4.24. The SMILES string of the molecule is CC(O)CC1CCCCN1C(=O)CC1CCCCO1. The van der Waals surface area contributed by atoms with Crippen molar-refractivity contribution in [1.82, 2.24) is 4.90 Å². The summed E-state index contributed by atoms with van der Waals surface area (Å²) in [5.41, 5.74) is 0. The number of amides is 1. The number of rotatable bonds is 4. The lowest BCUT2D eigenvalue weighted by molar-refractivity contribution is -0.139. The molecule has 2 aliphatic rings. The van der Waals surface area contributed by atoms with Gasteiger partial charge in [0.15, 0.2) is 0 Å². The van der Waals surface area contributed by atoms with Gasteiger partial charge in [-0.05, 0) is 51.9 Å². The number of carbonyl (C=O) groups is 1. The fourth-order valence-corrected chi connectivity index (χ4v) is 3.25. The largest absolute Gasteiger partial charge is 0.393 e. The van der Waals surface area contributed by atoms with E-state index in [1.54, 1.807) is 0 Å². The number of hydrogen-bond donors (Lipinski definition) is 1. The third-order valence-corrected chi connectivity index (χ3v) is 4.24. The summed E-state index contributed by atoms with van der Waals surface area (Å²) in [5.74, 6) is 0.220. The molecule has 2 fully saturated rings. The van der Waals surface area contributed by atoms with Crippen LogP contribution < -0.4 is 0 Å². The lowest BCUT2D eigenvalue weighted by Crippen LogP contribution is -2.46. The molecule has 2 heterocycles. The number of aliphatic hydroxyl groups is 1. The number of carbonyl (C=O) groups excluding carboxylic acids is 1. The molecule has 1 amide bonds. The van der Waals surface area contributed by atoms with Crippen LogP contribution in [-0.4, -0.2) is 47.3 Å². The second kappa shape index (κ2) is 7.25. The van der Waals surface area contributed by atoms with Gasteiger partial charge in [0.05, 0.1) is 18.6 Å². The van der Waals surface area contributed by atoms with Gasteiger partial charge < -0.3 is 14.7 Å². The van der Waals surface area contributed by atoms with Crippen molar-refractivity contribution < 1.29 is 14.6 Å². The van der Waals surface area contributed by atoms with Crippen molar-refractivity contribution in [3.8, 4) is 0 Å². The first-order valence-electron chi connectivity index (χ1n) is 7.76. The molecule has 0 aromatic heterocycles. The molecule has 19 heavy (non-hydrogen) atoms. The van der Waals surface area contributed by atoms with E-state index in [1.807, 2.05) is 11.8 Å². The highest BCUT2D eigenvalue weighted by atomic mass is 16.5. The molecule has 3 atom stereocenters. The van der Waals surface area contributed by atoms with Crippen LogP contribution in [0.25, 0.3) is 0 Å². The van der Waals surface area contributed by atoms with Crippen LogP contribution in [0.1, 0.15) is 58.3 Å². The highest BCUT2D eigenvalue weighted by molar-refractivity contribution is 5.77. The Morgan fingerprint density at radius 1 is 1.32 bits per heavy atom. The van der Waals surface area contributed by atoms with E-state index in [-0.39, 0.29) is 24.2 Å². The van der Waals surface area contributed by atoms with Gasteiger partial charge in [-0.3, -0.25) is 4.79 Å². The number of hydrogen-bond acceptors (Lipinski definition) is 3. The van der Waals surface area contributed by atoms with Gasteiger partial charge >= 0.3 is 0 Å². The van der Waals surface area contributed by atoms with Crippen LogP contribution in [0.4, 0.5) is 0 Å². The Labute approximate surface area is 116 Å². The highest BCUT2D eigenvalue weighted by Crippen LogP contribution is 2.24. The molecule has 1 N–H and O–H groups in total. The zero-order valence-electron chi connectivity index (χ0n) is 12.0. The minimum absolute atomic E-state index is 0.121. The van der Waals surface area contributed by atoms with Gasteiger partial charge in [-0.25, -0.2) is 0 Å². The van der Waals surface area contributed by atoms with Crippen molar-refractivity contribution >= 4 is 5.91 Å². The molecule has 3 unspecified atom stereocenters. The topological polar surface area (TPSA) is 49.8 Å². The molecule has 0 radical (unpaired) electrons. The Hall–Kier alpha value is -0.610. The molecule has 0 aromatic carbocycles. The van der Waals surface area contributed by atoms with Crippen LogP contribution >= 0.6 is 0 Å². The molecular weight excluding hydrogens is 242 g/mol. The Balaban J connectivity index is 1.87. The Morgan fingerprint density at radius 3 is 2.79 bits per heavy atom. The summed E-state index contributed by atoms with van der Waals surface area (Å²) in [6.07, 6.45) is 7.62. The van der Waals surface area contributed by atoms with Crippen molar-refractivity contribution in [3.05, 3.63) is 0 Å². The summed E-state index contributed by atoms with van der Waals surface area (Å²) in [5, 5.41) is 9.56. The predicted molar refractivity (Wildman–Crippen MR) is 73.9 cm³/mol. The van der Waals surface area contributed by atoms with Crippen LogP contribution in [0.15, 0.2) is 0 Å². The second-order valence-electron chi connectivity index (χ2n) is 6.01. The van der Waals surface area contributed by atoms with E-state index in [0.29, 0.717) is 12.8 Å². The maximum absolute atomic E-state index is 12.4. The van der Waals surface area contributed by atoms with Gasteiger partial charge in [-0.2, -0.15) is 0 Å². The molecule has 2 rings (SSSR count). The maximum Gasteiger partial charge on any atom is 0.225 e. The molecule has 0 spiro atoms. The fourth-order valence-electron chi connectivity index (χ4n) is 3.25. The van der Waals surface area contributed by atoms with Crippen molar-refractivity contribution in [2.24, 2.45) is 0 Å². The summed E-state index contributed by atoms with van der Waals surface area (Å²) >= 11 is 0. The molecular formula is C15H27NO3. The van der Waals surface area contributed by atoms with E-state index in [0.717, 1.165) is 38.8 Å². The zero-order chi connectivity index (χ0) is 13.7. The van der Waals surface area contributed by atoms with Gasteiger partial charge in [-0.1, -0.05) is 0 Å². The van der Waals surface area contributed by atoms with E-state index >= 15 is 0 Å². The molecule has 0 aliphatic carbocycles. The Kier molecular flexibility index (Phi) is 5.64. The highest BCUT2D eigenvalue weighted by Gasteiger charge is 2.29. The van der Waals surface area contributed by atoms with E-state index in [2.05, 4.69) is 0 Å². The summed E-state index contributed by atoms with van der Waals surface area (Å²) in [7, 11) is 0. The minimum Gasteiger partial charge on any atom is -0.393 e. The van der Waals surface area contributed by atoms with Gasteiger partial charge in [0, 0.05) is 19.2 Å². The van der Waals surface area contributed by atoms with E-state index in [4.69, 9.17) is 4.74 Å². The zero-order valence-corrected chi connectivity index (χ0v) is 12.0. The van der Waals surface area contributed by atoms with Crippen molar-refractivity contribution in [2.45, 2.75) is 76.5 Å². The van der Waals surface area contributed by atoms with Gasteiger partial charge in [0.1, 0.15) is 0 Å². The van der Waals surface area contributed by atoms with Crippen LogP contribution in [0.3, 0.4) is 0 Å². The number of nitrogens with zero attached hydrogens (tertiary/aromatic N) is 1. The average Bonchev–Trinajstić information content (AvgIpc) is 2.39. The summed E-state index contributed by atoms with van der Waals surface area (Å²) < 4.78 is 5.66. The quantitative estimate of drug-likeness (QED) is 0.850. The summed E-state index contributed by atoms with van der Waals surface area (Å²) in [6.45, 7) is 3.46. The molecule has 0 saturated carbocycles. The predicted octanol–water partition coefficient (Wildman–Crippen LogP) is 2.10. The normalized spacial score (nSPS) is 30.1. The molecule has 2 saturated heterocycles. The minimum atomic E-state index is -0.329. The standard InChI is InChI=1S/C15H27NO3/c1-12(17)10-13-6-2-4-8-16(13)15(18)11-14-7-3-5-9-19-14/h12-14,17H,2-11H2,1H3. The van der Waals surface area contributed by atoms with Crippen molar-refractivity contribution in [2.75, 3.05) is 13.2 Å². The summed E-state index contributed by atoms with van der Waals surface area (Å²) in [6, 6.07) is 0.227. The lowest BCUT2D eigenvalue weighted by atomic mass is 9.96. The molecule has 2 aliphatic heterocycles. The van der Waals surface area contributed by atoms with E-state index < -0.39 is 0 Å². The first-order valence-corrected chi connectivity index (χ1v) is 7.76. The van der Waals surface area contributed by atoms with Crippen molar-refractivity contribution in [1.29, 1.82) is 0 Å². The first kappa shape index (κ1) is 14.8. The molecule has 0 aromatic rings. The number of aliphatic hydroxyl groups excluding tert-OH is 1. The second-order valence-corrected chi connectivity index (χ2v) is 6.01. The third kappa shape index (κ3) is 4.46. The monoisotopic (exact) mass is 269 g/mol. The fraction of sp³-hybridized carbons (Fsp3) is 0.933. The van der Waals surface area contributed by atoms with Gasteiger partial charge in [-0.15, -0.1) is 0 Å². The first-order chi connectivity index (χ1) is 9.16. The van der Waals surface area contributed by atoms with Crippen LogP contribution in [0.5, 0.6) is 0 Å². The van der Waals surface area contributed by atoms with Crippen LogP contribution in [-0.2, 0) is 9.53 Å². The number of piperidine rings is 1. The molecule has 4 heteroatoms. The Bertz CT molecular complexity index is 287. The maximum atomic E-state index is 12.4. The van der Waals surface area contributed by atoms with Crippen molar-refractivity contribution in [3.63, 3.8) is 0 Å². The van der Waals surface area contributed by atoms with Crippen LogP contribution in [0.2, 0.25) is 0 Å².